The van der Waals surface area contributed by atoms with Gasteiger partial charge in [-0.2, -0.15) is 11.8 Å². The van der Waals surface area contributed by atoms with Crippen LogP contribution in [0.1, 0.15) is 19.3 Å². The Labute approximate surface area is 72.8 Å². The summed E-state index contributed by atoms with van der Waals surface area (Å²) < 4.78 is 0. The fraction of sp³-hybridized carbons (Fsp3) is 1.00. The van der Waals surface area contributed by atoms with Gasteiger partial charge in [-0.25, -0.2) is 0 Å². The van der Waals surface area contributed by atoms with Gasteiger partial charge in [-0.1, -0.05) is 0 Å². The van der Waals surface area contributed by atoms with Crippen molar-refractivity contribution in [3.05, 3.63) is 0 Å². The first-order valence-electron chi connectivity index (χ1n) is 4.09. The first-order chi connectivity index (χ1) is 5.26. The minimum Gasteiger partial charge on any atom is -0.394 e. The largest absolute Gasteiger partial charge is 0.394 e. The van der Waals surface area contributed by atoms with Crippen LogP contribution in [0.2, 0.25) is 0 Å². The number of hydrogen-bond acceptors (Lipinski definition) is 3. The van der Waals surface area contributed by atoms with Gasteiger partial charge in [0.1, 0.15) is 0 Å². The van der Waals surface area contributed by atoms with Gasteiger partial charge in [-0.05, 0) is 32.6 Å². The van der Waals surface area contributed by atoms with Gasteiger partial charge < -0.3 is 10.4 Å². The Morgan fingerprint density at radius 1 is 1.73 bits per heavy atom. The SMILES string of the molecule is CNC1(CO)CCC(SC)C1. The molecule has 0 aliphatic heterocycles. The van der Waals surface area contributed by atoms with E-state index in [0.717, 1.165) is 18.1 Å². The second kappa shape index (κ2) is 3.78. The zero-order chi connectivity index (χ0) is 8.32. The molecule has 0 bridgehead atoms. The maximum atomic E-state index is 9.16. The number of nitrogens with one attached hydrogen (secondary N) is 1. The molecule has 0 amide bonds. The van der Waals surface area contributed by atoms with E-state index in [-0.39, 0.29) is 12.1 Å². The number of thioether (sulfide) groups is 1. The molecule has 2 N–H and O–H groups in total. The highest BCUT2D eigenvalue weighted by molar-refractivity contribution is 7.99. The van der Waals surface area contributed by atoms with Gasteiger partial charge in [0.25, 0.3) is 0 Å². The molecule has 0 aromatic rings. The lowest BCUT2D eigenvalue weighted by molar-refractivity contribution is 0.173. The Hall–Kier alpha value is 0.270. The first kappa shape index (κ1) is 9.36. The lowest BCUT2D eigenvalue weighted by Crippen LogP contribution is -2.44. The van der Waals surface area contributed by atoms with Crippen LogP contribution in [-0.4, -0.2) is 35.8 Å². The van der Waals surface area contributed by atoms with Gasteiger partial charge in [0.15, 0.2) is 0 Å². The minimum atomic E-state index is 0.0354. The Balaban J connectivity index is 2.48. The second-order valence-corrected chi connectivity index (χ2v) is 4.43. The van der Waals surface area contributed by atoms with Crippen molar-refractivity contribution in [3.63, 3.8) is 0 Å². The molecule has 0 radical (unpaired) electrons. The maximum absolute atomic E-state index is 9.16. The highest BCUT2D eigenvalue weighted by Gasteiger charge is 2.36. The summed E-state index contributed by atoms with van der Waals surface area (Å²) in [5, 5.41) is 13.1. The van der Waals surface area contributed by atoms with E-state index in [2.05, 4.69) is 11.6 Å². The third-order valence-corrected chi connectivity index (χ3v) is 3.80. The van der Waals surface area contributed by atoms with E-state index in [9.17, 15) is 0 Å². The Kier molecular flexibility index (Phi) is 3.22. The zero-order valence-corrected chi connectivity index (χ0v) is 8.08. The number of rotatable bonds is 3. The summed E-state index contributed by atoms with van der Waals surface area (Å²) in [5.41, 5.74) is 0.0354. The molecule has 1 fully saturated rings. The van der Waals surface area contributed by atoms with E-state index < -0.39 is 0 Å². The molecule has 11 heavy (non-hydrogen) atoms. The highest BCUT2D eigenvalue weighted by Crippen LogP contribution is 2.35. The second-order valence-electron chi connectivity index (χ2n) is 3.29. The fourth-order valence-electron chi connectivity index (χ4n) is 1.73. The molecule has 0 heterocycles. The molecule has 0 aromatic carbocycles. The van der Waals surface area contributed by atoms with E-state index in [1.165, 1.54) is 6.42 Å². The first-order valence-corrected chi connectivity index (χ1v) is 5.38. The van der Waals surface area contributed by atoms with Crippen molar-refractivity contribution in [2.75, 3.05) is 19.9 Å². The van der Waals surface area contributed by atoms with Crippen molar-refractivity contribution in [2.45, 2.75) is 30.1 Å². The van der Waals surface area contributed by atoms with E-state index in [0.29, 0.717) is 0 Å². The Morgan fingerprint density at radius 2 is 2.45 bits per heavy atom. The van der Waals surface area contributed by atoms with E-state index in [4.69, 9.17) is 5.11 Å². The topological polar surface area (TPSA) is 32.3 Å². The maximum Gasteiger partial charge on any atom is 0.0613 e. The number of aliphatic hydroxyl groups is 1. The van der Waals surface area contributed by atoms with E-state index in [1.54, 1.807) is 0 Å². The highest BCUT2D eigenvalue weighted by atomic mass is 32.2. The van der Waals surface area contributed by atoms with Crippen LogP contribution < -0.4 is 5.32 Å². The monoisotopic (exact) mass is 175 g/mol. The van der Waals surface area contributed by atoms with Crippen molar-refractivity contribution in [3.8, 4) is 0 Å². The molecule has 66 valence electrons. The van der Waals surface area contributed by atoms with Crippen molar-refractivity contribution < 1.29 is 5.11 Å². The molecule has 1 aliphatic rings. The van der Waals surface area contributed by atoms with Crippen LogP contribution >= 0.6 is 11.8 Å². The number of likely N-dealkylation sites (N-methyl/N-ethyl adjacent to an activating group) is 1. The molecule has 0 saturated heterocycles. The van der Waals surface area contributed by atoms with E-state index >= 15 is 0 Å². The molecule has 1 aliphatic carbocycles. The van der Waals surface area contributed by atoms with Crippen molar-refractivity contribution in [1.82, 2.24) is 5.32 Å². The average Bonchev–Trinajstić information content (AvgIpc) is 2.49. The van der Waals surface area contributed by atoms with Gasteiger partial charge in [-0.15, -0.1) is 0 Å². The molecule has 2 atom stereocenters. The van der Waals surface area contributed by atoms with Gasteiger partial charge in [0.05, 0.1) is 6.61 Å². The standard InChI is InChI=1S/C8H17NOS/c1-9-8(6-10)4-3-7(5-8)11-2/h7,9-10H,3-6H2,1-2H3. The lowest BCUT2D eigenvalue weighted by Gasteiger charge is -2.25. The van der Waals surface area contributed by atoms with Gasteiger partial charge in [0, 0.05) is 10.8 Å². The van der Waals surface area contributed by atoms with Gasteiger partial charge in [-0.3, -0.25) is 0 Å². The summed E-state index contributed by atoms with van der Waals surface area (Å²) >= 11 is 1.91. The van der Waals surface area contributed by atoms with Crippen LogP contribution in [0.4, 0.5) is 0 Å². The van der Waals surface area contributed by atoms with Crippen LogP contribution in [0, 0.1) is 0 Å². The van der Waals surface area contributed by atoms with Crippen LogP contribution in [0.3, 0.4) is 0 Å². The average molecular weight is 175 g/mol. The van der Waals surface area contributed by atoms with Crippen LogP contribution in [-0.2, 0) is 0 Å². The number of hydrogen-bond donors (Lipinski definition) is 2. The molecule has 3 heteroatoms. The smallest absolute Gasteiger partial charge is 0.0613 e. The third-order valence-electron chi connectivity index (χ3n) is 2.73. The summed E-state index contributed by atoms with van der Waals surface area (Å²) in [4.78, 5) is 0. The van der Waals surface area contributed by atoms with Crippen LogP contribution in [0.15, 0.2) is 0 Å². The summed E-state index contributed by atoms with van der Waals surface area (Å²) in [6, 6.07) is 0. The minimum absolute atomic E-state index is 0.0354. The molecule has 0 spiro atoms. The third kappa shape index (κ3) is 1.89. The van der Waals surface area contributed by atoms with Crippen molar-refractivity contribution in [2.24, 2.45) is 0 Å². The predicted molar refractivity (Wildman–Crippen MR) is 50.0 cm³/mol. The van der Waals surface area contributed by atoms with Crippen LogP contribution in [0.25, 0.3) is 0 Å². The van der Waals surface area contributed by atoms with Crippen molar-refractivity contribution in [1.29, 1.82) is 0 Å². The Morgan fingerprint density at radius 3 is 2.73 bits per heavy atom. The molecule has 0 aromatic heterocycles. The van der Waals surface area contributed by atoms with Gasteiger partial charge >= 0.3 is 0 Å². The summed E-state index contributed by atoms with van der Waals surface area (Å²) in [6.07, 6.45) is 5.61. The lowest BCUT2D eigenvalue weighted by atomic mass is 10.00. The molecular weight excluding hydrogens is 158 g/mol. The molecule has 2 unspecified atom stereocenters. The quantitative estimate of drug-likeness (QED) is 0.667. The summed E-state index contributed by atoms with van der Waals surface area (Å²) in [5.74, 6) is 0. The van der Waals surface area contributed by atoms with Crippen molar-refractivity contribution >= 4 is 11.8 Å². The normalized spacial score (nSPS) is 37.9. The molecular formula is C8H17NOS. The fourth-order valence-corrected chi connectivity index (χ4v) is 2.57. The summed E-state index contributed by atoms with van der Waals surface area (Å²) in [7, 11) is 1.94. The molecule has 2 nitrogen and oxygen atoms in total. The van der Waals surface area contributed by atoms with Gasteiger partial charge in [0.2, 0.25) is 0 Å². The predicted octanol–water partition coefficient (Wildman–Crippen LogP) is 0.852. The molecule has 1 rings (SSSR count). The Bertz CT molecular complexity index is 125. The zero-order valence-electron chi connectivity index (χ0n) is 7.26. The van der Waals surface area contributed by atoms with E-state index in [1.807, 2.05) is 18.8 Å². The number of aliphatic hydroxyl groups excluding tert-OH is 1. The molecule has 1 saturated carbocycles. The van der Waals surface area contributed by atoms with Crippen LogP contribution in [0.5, 0.6) is 0 Å². The summed E-state index contributed by atoms with van der Waals surface area (Å²) in [6.45, 7) is 0.278.